The van der Waals surface area contributed by atoms with Crippen LogP contribution in [0.25, 0.3) is 0 Å². The average molecular weight is 342 g/mol. The molecule has 0 bridgehead atoms. The number of rotatable bonds is 4. The Balaban J connectivity index is 1.99. The van der Waals surface area contributed by atoms with Crippen LogP contribution in [0.5, 0.6) is 0 Å². The SMILES string of the molecule is OC[C@H]1OC(OC[C@@]2(O)OC[C@@H](O)[C@@H](O)[C@@H]2O)[C@H](O)[C@@H](O)[C@@H]1O. The summed E-state index contributed by atoms with van der Waals surface area (Å²) in [6.07, 6.45) is -12.6. The zero-order chi connectivity index (χ0) is 17.4. The van der Waals surface area contributed by atoms with Crippen LogP contribution in [0.1, 0.15) is 0 Å². The van der Waals surface area contributed by atoms with Gasteiger partial charge in [-0.25, -0.2) is 0 Å². The molecule has 0 aliphatic carbocycles. The smallest absolute Gasteiger partial charge is 0.219 e. The summed E-state index contributed by atoms with van der Waals surface area (Å²) in [7, 11) is 0. The van der Waals surface area contributed by atoms with Crippen molar-refractivity contribution in [3.63, 3.8) is 0 Å². The highest BCUT2D eigenvalue weighted by Gasteiger charge is 2.50. The van der Waals surface area contributed by atoms with Crippen molar-refractivity contribution in [2.75, 3.05) is 19.8 Å². The Morgan fingerprint density at radius 1 is 0.957 bits per heavy atom. The Morgan fingerprint density at radius 2 is 1.61 bits per heavy atom. The maximum atomic E-state index is 10.1. The van der Waals surface area contributed by atoms with E-state index in [1.54, 1.807) is 0 Å². The van der Waals surface area contributed by atoms with Crippen LogP contribution in [-0.2, 0) is 14.2 Å². The monoisotopic (exact) mass is 342 g/mol. The molecule has 136 valence electrons. The maximum Gasteiger partial charge on any atom is 0.219 e. The summed E-state index contributed by atoms with van der Waals surface area (Å²) < 4.78 is 15.0. The molecule has 1 unspecified atom stereocenters. The van der Waals surface area contributed by atoms with E-state index >= 15 is 0 Å². The van der Waals surface area contributed by atoms with Crippen LogP contribution in [0.2, 0.25) is 0 Å². The Bertz CT molecular complexity index is 393. The van der Waals surface area contributed by atoms with Crippen LogP contribution in [0.4, 0.5) is 0 Å². The van der Waals surface area contributed by atoms with E-state index in [0.717, 1.165) is 0 Å². The summed E-state index contributed by atoms with van der Waals surface area (Å²) in [5.74, 6) is -2.38. The van der Waals surface area contributed by atoms with Gasteiger partial charge >= 0.3 is 0 Å². The lowest BCUT2D eigenvalue weighted by Gasteiger charge is -2.44. The van der Waals surface area contributed by atoms with Gasteiger partial charge in [-0.3, -0.25) is 0 Å². The zero-order valence-electron chi connectivity index (χ0n) is 12.0. The lowest BCUT2D eigenvalue weighted by molar-refractivity contribution is -0.364. The van der Waals surface area contributed by atoms with Gasteiger partial charge < -0.3 is 55.1 Å². The Morgan fingerprint density at radius 3 is 2.22 bits per heavy atom. The highest BCUT2D eigenvalue weighted by Crippen LogP contribution is 2.27. The molecule has 2 fully saturated rings. The molecule has 0 amide bonds. The number of aliphatic hydroxyl groups is 8. The van der Waals surface area contributed by atoms with Gasteiger partial charge in [-0.05, 0) is 0 Å². The number of hydrogen-bond acceptors (Lipinski definition) is 11. The van der Waals surface area contributed by atoms with Gasteiger partial charge in [-0.15, -0.1) is 0 Å². The van der Waals surface area contributed by atoms with Crippen molar-refractivity contribution < 1.29 is 55.1 Å². The van der Waals surface area contributed by atoms with Crippen LogP contribution >= 0.6 is 0 Å². The minimum absolute atomic E-state index is 0.466. The predicted octanol–water partition coefficient (Wildman–Crippen LogP) is -5.40. The van der Waals surface area contributed by atoms with Gasteiger partial charge in [0.25, 0.3) is 0 Å². The van der Waals surface area contributed by atoms with Crippen molar-refractivity contribution in [2.24, 2.45) is 0 Å². The quantitative estimate of drug-likeness (QED) is 0.243. The standard InChI is InChI=1S/C12H22O11/c13-1-5-7(16)8(17)9(18)11(23-5)21-3-12(20)10(19)6(15)4(14)2-22-12/h4-11,13-20H,1-3H2/t4-,5-,6-,7-,8+,9-,10+,11?,12-/m1/s1. The van der Waals surface area contributed by atoms with Crippen molar-refractivity contribution in [2.45, 2.75) is 54.8 Å². The number of hydrogen-bond donors (Lipinski definition) is 8. The molecule has 0 spiro atoms. The first kappa shape index (κ1) is 18.9. The fraction of sp³-hybridized carbons (Fsp3) is 1.00. The molecule has 2 aliphatic rings. The lowest BCUT2D eigenvalue weighted by Crippen LogP contribution is -2.64. The van der Waals surface area contributed by atoms with Crippen molar-refractivity contribution >= 4 is 0 Å². The lowest BCUT2D eigenvalue weighted by atomic mass is 9.97. The first-order valence-electron chi connectivity index (χ1n) is 7.04. The van der Waals surface area contributed by atoms with Crippen LogP contribution < -0.4 is 0 Å². The summed E-state index contributed by atoms with van der Waals surface area (Å²) in [5.41, 5.74) is 0. The predicted molar refractivity (Wildman–Crippen MR) is 68.6 cm³/mol. The summed E-state index contributed by atoms with van der Waals surface area (Å²) in [6, 6.07) is 0. The molecular weight excluding hydrogens is 320 g/mol. The minimum atomic E-state index is -2.38. The third-order valence-corrected chi connectivity index (χ3v) is 3.99. The van der Waals surface area contributed by atoms with Gasteiger partial charge in [0, 0.05) is 0 Å². The molecule has 2 aliphatic heterocycles. The molecule has 23 heavy (non-hydrogen) atoms. The molecule has 0 saturated carbocycles. The van der Waals surface area contributed by atoms with Crippen LogP contribution in [-0.4, -0.2) is 115 Å². The Labute approximate surface area is 130 Å². The molecule has 2 heterocycles. The second-order valence-electron chi connectivity index (χ2n) is 5.67. The van der Waals surface area contributed by atoms with E-state index in [1.807, 2.05) is 0 Å². The van der Waals surface area contributed by atoms with E-state index in [2.05, 4.69) is 0 Å². The third-order valence-electron chi connectivity index (χ3n) is 3.99. The van der Waals surface area contributed by atoms with Crippen LogP contribution in [0.15, 0.2) is 0 Å². The Kier molecular flexibility index (Phi) is 5.92. The molecule has 0 radical (unpaired) electrons. The first-order valence-corrected chi connectivity index (χ1v) is 7.04. The molecule has 0 aromatic carbocycles. The summed E-state index contributed by atoms with van der Waals surface area (Å²) >= 11 is 0. The molecule has 0 aromatic rings. The third kappa shape index (κ3) is 3.65. The van der Waals surface area contributed by atoms with E-state index in [9.17, 15) is 35.7 Å². The van der Waals surface area contributed by atoms with Crippen molar-refractivity contribution in [1.29, 1.82) is 0 Å². The van der Waals surface area contributed by atoms with Crippen LogP contribution in [0, 0.1) is 0 Å². The van der Waals surface area contributed by atoms with E-state index in [4.69, 9.17) is 19.3 Å². The number of aliphatic hydroxyl groups excluding tert-OH is 7. The minimum Gasteiger partial charge on any atom is -0.394 e. The fourth-order valence-corrected chi connectivity index (χ4v) is 2.42. The maximum absolute atomic E-state index is 10.1. The van der Waals surface area contributed by atoms with Gasteiger partial charge in [-0.1, -0.05) is 0 Å². The van der Waals surface area contributed by atoms with Crippen molar-refractivity contribution in [3.8, 4) is 0 Å². The van der Waals surface area contributed by atoms with E-state index in [-0.39, 0.29) is 0 Å². The largest absolute Gasteiger partial charge is 0.394 e. The Hall–Kier alpha value is -0.440. The summed E-state index contributed by atoms with van der Waals surface area (Å²) in [5, 5.41) is 76.8. The van der Waals surface area contributed by atoms with Crippen molar-refractivity contribution in [3.05, 3.63) is 0 Å². The molecule has 8 N–H and O–H groups in total. The average Bonchev–Trinajstić information content (AvgIpc) is 2.54. The van der Waals surface area contributed by atoms with E-state index < -0.39 is 74.6 Å². The van der Waals surface area contributed by atoms with E-state index in [0.29, 0.717) is 0 Å². The van der Waals surface area contributed by atoms with Gasteiger partial charge in [0.2, 0.25) is 5.79 Å². The second-order valence-corrected chi connectivity index (χ2v) is 5.67. The zero-order valence-corrected chi connectivity index (χ0v) is 12.0. The molecule has 9 atom stereocenters. The summed E-state index contributed by atoms with van der Waals surface area (Å²) in [6.45, 7) is -1.90. The summed E-state index contributed by atoms with van der Waals surface area (Å²) in [4.78, 5) is 0. The van der Waals surface area contributed by atoms with Crippen molar-refractivity contribution in [1.82, 2.24) is 0 Å². The normalized spacial score (nSPS) is 51.7. The van der Waals surface area contributed by atoms with Gasteiger partial charge in [0.1, 0.15) is 49.3 Å². The first-order chi connectivity index (χ1) is 10.7. The van der Waals surface area contributed by atoms with Gasteiger partial charge in [0.15, 0.2) is 6.29 Å². The molecule has 0 aromatic heterocycles. The molecule has 2 rings (SSSR count). The van der Waals surface area contributed by atoms with E-state index in [1.165, 1.54) is 0 Å². The topological polar surface area (TPSA) is 190 Å². The second kappa shape index (κ2) is 7.21. The molecule has 11 nitrogen and oxygen atoms in total. The molecule has 11 heteroatoms. The highest BCUT2D eigenvalue weighted by molar-refractivity contribution is 4.93. The van der Waals surface area contributed by atoms with Gasteiger partial charge in [-0.2, -0.15) is 0 Å². The highest BCUT2D eigenvalue weighted by atomic mass is 16.7. The molecule has 2 saturated heterocycles. The van der Waals surface area contributed by atoms with Gasteiger partial charge in [0.05, 0.1) is 13.2 Å². The molecular formula is C12H22O11. The number of ether oxygens (including phenoxy) is 3. The van der Waals surface area contributed by atoms with Crippen LogP contribution in [0.3, 0.4) is 0 Å². The fourth-order valence-electron chi connectivity index (χ4n) is 2.42.